The summed E-state index contributed by atoms with van der Waals surface area (Å²) in [7, 11) is 2.73. The highest BCUT2D eigenvalue weighted by molar-refractivity contribution is 8.77. The number of carbonyl (C=O) groups excluding carboxylic acids is 2. The number of esters is 2. The predicted octanol–water partition coefficient (Wildman–Crippen LogP) is 7.73. The second-order valence-electron chi connectivity index (χ2n) is 8.24. The van der Waals surface area contributed by atoms with Gasteiger partial charge in [0.1, 0.15) is 11.5 Å². The van der Waals surface area contributed by atoms with E-state index in [1.54, 1.807) is 0 Å². The maximum Gasteiger partial charge on any atom is 0.317 e. The standard InChI is InChI=1S/C24H46O4S2/c1-5-7-9-11-13-15-17-21(3)27-23(25)19-29-30-20-24(26)28-22(4)18-16-14-12-10-8-6-2/h21-22H,5-20H2,1-4H3. The first-order valence-corrected chi connectivity index (χ1v) is 14.6. The molecule has 0 spiro atoms. The lowest BCUT2D eigenvalue weighted by Gasteiger charge is -2.14. The van der Waals surface area contributed by atoms with E-state index in [1.165, 1.54) is 85.8 Å². The van der Waals surface area contributed by atoms with Gasteiger partial charge in [-0.25, -0.2) is 0 Å². The number of ether oxygens (including phenoxy) is 2. The van der Waals surface area contributed by atoms with Crippen LogP contribution in [0.1, 0.15) is 118 Å². The third-order valence-electron chi connectivity index (χ3n) is 5.03. The minimum Gasteiger partial charge on any atom is -0.462 e. The molecule has 0 saturated carbocycles. The van der Waals surface area contributed by atoms with Crippen LogP contribution in [0, 0.1) is 0 Å². The molecule has 2 atom stereocenters. The molecule has 0 bridgehead atoms. The van der Waals surface area contributed by atoms with E-state index in [4.69, 9.17) is 9.47 Å². The van der Waals surface area contributed by atoms with Gasteiger partial charge in [0, 0.05) is 0 Å². The third-order valence-corrected chi connectivity index (χ3v) is 7.11. The topological polar surface area (TPSA) is 52.6 Å². The zero-order chi connectivity index (χ0) is 22.5. The van der Waals surface area contributed by atoms with Crippen molar-refractivity contribution < 1.29 is 19.1 Å². The molecule has 178 valence electrons. The zero-order valence-electron chi connectivity index (χ0n) is 19.9. The summed E-state index contributed by atoms with van der Waals surface area (Å²) in [5, 5.41) is 0. The van der Waals surface area contributed by atoms with Crippen molar-refractivity contribution in [1.29, 1.82) is 0 Å². The van der Waals surface area contributed by atoms with Gasteiger partial charge in [-0.1, -0.05) is 99.6 Å². The molecule has 0 saturated heterocycles. The highest BCUT2D eigenvalue weighted by Crippen LogP contribution is 2.22. The lowest BCUT2D eigenvalue weighted by molar-refractivity contribution is -0.146. The average Bonchev–Trinajstić information content (AvgIpc) is 2.70. The Kier molecular flexibility index (Phi) is 21.6. The van der Waals surface area contributed by atoms with Crippen molar-refractivity contribution in [2.75, 3.05) is 11.5 Å². The van der Waals surface area contributed by atoms with Gasteiger partial charge in [0.2, 0.25) is 0 Å². The van der Waals surface area contributed by atoms with Crippen molar-refractivity contribution >= 4 is 33.5 Å². The minimum absolute atomic E-state index is 0.0259. The second kappa shape index (κ2) is 21.9. The summed E-state index contributed by atoms with van der Waals surface area (Å²) in [6.07, 6.45) is 16.8. The summed E-state index contributed by atoms with van der Waals surface area (Å²) >= 11 is 0. The first kappa shape index (κ1) is 29.6. The molecule has 0 radical (unpaired) electrons. The Morgan fingerprint density at radius 3 is 1.30 bits per heavy atom. The van der Waals surface area contributed by atoms with Crippen molar-refractivity contribution in [3.8, 4) is 0 Å². The van der Waals surface area contributed by atoms with Gasteiger partial charge in [0.25, 0.3) is 0 Å². The number of unbranched alkanes of at least 4 members (excludes halogenated alkanes) is 10. The van der Waals surface area contributed by atoms with Gasteiger partial charge in [-0.2, -0.15) is 0 Å². The molecule has 0 amide bonds. The van der Waals surface area contributed by atoms with Crippen LogP contribution in [0.3, 0.4) is 0 Å². The summed E-state index contributed by atoms with van der Waals surface area (Å²) < 4.78 is 10.9. The lowest BCUT2D eigenvalue weighted by atomic mass is 10.1. The van der Waals surface area contributed by atoms with Gasteiger partial charge in [-0.3, -0.25) is 9.59 Å². The fourth-order valence-corrected chi connectivity index (χ4v) is 4.81. The lowest BCUT2D eigenvalue weighted by Crippen LogP contribution is -2.17. The normalized spacial score (nSPS) is 13.1. The van der Waals surface area contributed by atoms with Crippen LogP contribution in [0.15, 0.2) is 0 Å². The monoisotopic (exact) mass is 462 g/mol. The van der Waals surface area contributed by atoms with Gasteiger partial charge in [0.15, 0.2) is 0 Å². The van der Waals surface area contributed by atoms with E-state index in [1.807, 2.05) is 13.8 Å². The van der Waals surface area contributed by atoms with Gasteiger partial charge in [0.05, 0.1) is 12.2 Å². The molecule has 0 fully saturated rings. The van der Waals surface area contributed by atoms with E-state index < -0.39 is 0 Å². The van der Waals surface area contributed by atoms with E-state index in [-0.39, 0.29) is 35.7 Å². The SMILES string of the molecule is CCCCCCCCC(C)OC(=O)CSSCC(=O)OC(C)CCCCCCCC. The Labute approximate surface area is 193 Å². The van der Waals surface area contributed by atoms with Crippen LogP contribution in [0.2, 0.25) is 0 Å². The van der Waals surface area contributed by atoms with Crippen molar-refractivity contribution in [2.24, 2.45) is 0 Å². The maximum atomic E-state index is 11.9. The minimum atomic E-state index is -0.198. The quantitative estimate of drug-likeness (QED) is 0.0988. The van der Waals surface area contributed by atoms with Gasteiger partial charge < -0.3 is 9.47 Å². The molecule has 0 aromatic rings. The third kappa shape index (κ3) is 20.9. The molecule has 4 nitrogen and oxygen atoms in total. The summed E-state index contributed by atoms with van der Waals surface area (Å²) in [5.74, 6) is 0.143. The summed E-state index contributed by atoms with van der Waals surface area (Å²) in [6, 6.07) is 0. The highest BCUT2D eigenvalue weighted by Gasteiger charge is 2.12. The molecule has 6 heteroatoms. The molecule has 2 unspecified atom stereocenters. The van der Waals surface area contributed by atoms with E-state index >= 15 is 0 Å². The van der Waals surface area contributed by atoms with Gasteiger partial charge >= 0.3 is 11.9 Å². The Hall–Kier alpha value is -0.360. The Bertz CT molecular complexity index is 380. The van der Waals surface area contributed by atoms with Crippen LogP contribution in [0.5, 0.6) is 0 Å². The van der Waals surface area contributed by atoms with Crippen LogP contribution < -0.4 is 0 Å². The number of carbonyl (C=O) groups is 2. The number of hydrogen-bond donors (Lipinski definition) is 0. The van der Waals surface area contributed by atoms with E-state index in [0.717, 1.165) is 25.7 Å². The fourth-order valence-electron chi connectivity index (χ4n) is 3.24. The molecule has 30 heavy (non-hydrogen) atoms. The molecular weight excluding hydrogens is 416 g/mol. The Balaban J connectivity index is 3.59. The van der Waals surface area contributed by atoms with Crippen LogP contribution in [0.4, 0.5) is 0 Å². The summed E-state index contributed by atoms with van der Waals surface area (Å²) in [5.41, 5.74) is 0. The van der Waals surface area contributed by atoms with Crippen molar-refractivity contribution in [2.45, 2.75) is 130 Å². The van der Waals surface area contributed by atoms with Crippen molar-refractivity contribution in [1.82, 2.24) is 0 Å². The Morgan fingerprint density at radius 2 is 0.933 bits per heavy atom. The van der Waals surface area contributed by atoms with Gasteiger partial charge in [-0.15, -0.1) is 0 Å². The molecule has 0 rings (SSSR count). The fraction of sp³-hybridized carbons (Fsp3) is 0.917. The predicted molar refractivity (Wildman–Crippen MR) is 132 cm³/mol. The first-order chi connectivity index (χ1) is 14.5. The molecule has 0 heterocycles. The number of rotatable bonds is 21. The zero-order valence-corrected chi connectivity index (χ0v) is 21.6. The Morgan fingerprint density at radius 1 is 0.600 bits per heavy atom. The smallest absolute Gasteiger partial charge is 0.317 e. The molecule has 0 aromatic heterocycles. The van der Waals surface area contributed by atoms with Crippen LogP contribution in [-0.2, 0) is 19.1 Å². The van der Waals surface area contributed by atoms with Gasteiger partial charge in [-0.05, 0) is 39.5 Å². The van der Waals surface area contributed by atoms with Crippen molar-refractivity contribution in [3.05, 3.63) is 0 Å². The van der Waals surface area contributed by atoms with Crippen molar-refractivity contribution in [3.63, 3.8) is 0 Å². The average molecular weight is 463 g/mol. The summed E-state index contributed by atoms with van der Waals surface area (Å²) in [4.78, 5) is 23.8. The largest absolute Gasteiger partial charge is 0.462 e. The second-order valence-corrected chi connectivity index (χ2v) is 10.7. The van der Waals surface area contributed by atoms with Crippen LogP contribution in [-0.4, -0.2) is 35.7 Å². The molecule has 0 N–H and O–H groups in total. The van der Waals surface area contributed by atoms with Crippen LogP contribution >= 0.6 is 21.6 Å². The first-order valence-electron chi connectivity index (χ1n) is 12.1. The number of hydrogen-bond acceptors (Lipinski definition) is 6. The highest BCUT2D eigenvalue weighted by atomic mass is 33.1. The van der Waals surface area contributed by atoms with E-state index in [0.29, 0.717) is 0 Å². The molecule has 0 aromatic carbocycles. The van der Waals surface area contributed by atoms with E-state index in [2.05, 4.69) is 13.8 Å². The van der Waals surface area contributed by atoms with E-state index in [9.17, 15) is 9.59 Å². The maximum absolute atomic E-state index is 11.9. The molecule has 0 aliphatic carbocycles. The van der Waals surface area contributed by atoms with Crippen LogP contribution in [0.25, 0.3) is 0 Å². The molecule has 0 aliphatic heterocycles. The molecule has 0 aliphatic rings. The summed E-state index contributed by atoms with van der Waals surface area (Å²) in [6.45, 7) is 8.37. The molecular formula is C24H46O4S2.